The maximum atomic E-state index is 12.9. The van der Waals surface area contributed by atoms with Crippen molar-refractivity contribution in [3.8, 4) is 0 Å². The van der Waals surface area contributed by atoms with Crippen LogP contribution in [0.15, 0.2) is 60.7 Å². The first-order valence-corrected chi connectivity index (χ1v) is 10.7. The Kier molecular flexibility index (Phi) is 5.49. The summed E-state index contributed by atoms with van der Waals surface area (Å²) in [4.78, 5) is 14.9. The van der Waals surface area contributed by atoms with E-state index in [1.807, 2.05) is 35.2 Å². The number of carbonyl (C=O) groups is 1. The number of fused-ring (bicyclic) bond motifs is 2. The van der Waals surface area contributed by atoms with Crippen molar-refractivity contribution < 1.29 is 9.53 Å². The van der Waals surface area contributed by atoms with Gasteiger partial charge < -0.3 is 4.74 Å². The second kappa shape index (κ2) is 8.06. The number of nitrogens with zero attached hydrogens (tertiary/aromatic N) is 1. The first kappa shape index (κ1) is 19.8. The summed E-state index contributed by atoms with van der Waals surface area (Å²) in [6.07, 6.45) is 6.27. The molecule has 2 aromatic rings. The molecule has 2 bridgehead atoms. The highest BCUT2D eigenvalue weighted by atomic mass is 16.6. The number of hydrogen-bond donors (Lipinski definition) is 0. The molecule has 3 heteroatoms. The Morgan fingerprint density at radius 2 is 1.86 bits per heavy atom. The number of benzene rings is 2. The number of amides is 1. The van der Waals surface area contributed by atoms with Crippen LogP contribution in [0, 0.1) is 0 Å². The van der Waals surface area contributed by atoms with Crippen LogP contribution >= 0.6 is 0 Å². The van der Waals surface area contributed by atoms with Crippen LogP contribution < -0.4 is 0 Å². The van der Waals surface area contributed by atoms with Crippen LogP contribution in [0.1, 0.15) is 63.1 Å². The van der Waals surface area contributed by atoms with Crippen LogP contribution in [0.25, 0.3) is 5.57 Å². The van der Waals surface area contributed by atoms with E-state index in [0.29, 0.717) is 6.61 Å². The SMILES string of the molecule is CC(C)(C)c1cccc(C2=CC3CCCC(C2)N3C(=O)OCc2ccccc2)c1. The zero-order valence-corrected chi connectivity index (χ0v) is 17.7. The highest BCUT2D eigenvalue weighted by Crippen LogP contribution is 2.38. The van der Waals surface area contributed by atoms with Gasteiger partial charge in [0.05, 0.1) is 6.04 Å². The summed E-state index contributed by atoms with van der Waals surface area (Å²) in [5.41, 5.74) is 5.18. The van der Waals surface area contributed by atoms with Gasteiger partial charge in [-0.2, -0.15) is 0 Å². The summed E-state index contributed by atoms with van der Waals surface area (Å²) in [6.45, 7) is 7.08. The molecular weight excluding hydrogens is 358 g/mol. The summed E-state index contributed by atoms with van der Waals surface area (Å²) >= 11 is 0. The molecule has 2 atom stereocenters. The Morgan fingerprint density at radius 1 is 1.07 bits per heavy atom. The molecule has 1 fully saturated rings. The zero-order chi connectivity index (χ0) is 20.4. The van der Waals surface area contributed by atoms with Crippen LogP contribution in [0.4, 0.5) is 4.79 Å². The van der Waals surface area contributed by atoms with Gasteiger partial charge in [-0.3, -0.25) is 4.90 Å². The van der Waals surface area contributed by atoms with E-state index in [1.165, 1.54) is 23.1 Å². The molecule has 4 rings (SSSR count). The first-order valence-electron chi connectivity index (χ1n) is 10.7. The van der Waals surface area contributed by atoms with Crippen molar-refractivity contribution in [2.75, 3.05) is 0 Å². The van der Waals surface area contributed by atoms with Gasteiger partial charge in [-0.25, -0.2) is 4.79 Å². The standard InChI is InChI=1S/C26H31NO2/c1-26(2,3)22-12-7-11-20(15-22)21-16-23-13-8-14-24(17-21)27(23)25(28)29-18-19-9-5-4-6-10-19/h4-7,9-12,15-16,23-24H,8,13-14,17-18H2,1-3H3. The van der Waals surface area contributed by atoms with Crippen molar-refractivity contribution in [1.82, 2.24) is 4.90 Å². The highest BCUT2D eigenvalue weighted by molar-refractivity contribution is 5.74. The lowest BCUT2D eigenvalue weighted by molar-refractivity contribution is 0.0510. The Morgan fingerprint density at radius 3 is 2.59 bits per heavy atom. The van der Waals surface area contributed by atoms with Gasteiger partial charge in [0.1, 0.15) is 6.61 Å². The normalized spacial score (nSPS) is 21.5. The number of piperidine rings is 1. The van der Waals surface area contributed by atoms with E-state index in [1.54, 1.807) is 0 Å². The second-order valence-electron chi connectivity index (χ2n) is 9.33. The predicted octanol–water partition coefficient (Wildman–Crippen LogP) is 6.33. The quantitative estimate of drug-likeness (QED) is 0.614. The van der Waals surface area contributed by atoms with Gasteiger partial charge in [0, 0.05) is 6.04 Å². The first-order chi connectivity index (χ1) is 13.9. The number of ether oxygens (including phenoxy) is 1. The average molecular weight is 390 g/mol. The summed E-state index contributed by atoms with van der Waals surface area (Å²) in [7, 11) is 0. The minimum atomic E-state index is -0.178. The fourth-order valence-electron chi connectivity index (χ4n) is 4.51. The van der Waals surface area contributed by atoms with Crippen LogP contribution in [-0.2, 0) is 16.8 Å². The van der Waals surface area contributed by atoms with E-state index in [9.17, 15) is 4.79 Å². The molecule has 0 aromatic heterocycles. The fourth-order valence-corrected chi connectivity index (χ4v) is 4.51. The van der Waals surface area contributed by atoms with Crippen LogP contribution in [0.3, 0.4) is 0 Å². The molecule has 2 unspecified atom stereocenters. The lowest BCUT2D eigenvalue weighted by Crippen LogP contribution is -2.51. The molecule has 2 aromatic carbocycles. The average Bonchev–Trinajstić information content (AvgIpc) is 2.71. The molecule has 2 heterocycles. The minimum Gasteiger partial charge on any atom is -0.445 e. The van der Waals surface area contributed by atoms with Gasteiger partial charge in [-0.1, -0.05) is 81.4 Å². The molecular formula is C26H31NO2. The lowest BCUT2D eigenvalue weighted by Gasteiger charge is -2.44. The van der Waals surface area contributed by atoms with Gasteiger partial charge in [0.15, 0.2) is 0 Å². The molecule has 1 saturated heterocycles. The molecule has 0 spiro atoms. The van der Waals surface area contributed by atoms with Crippen molar-refractivity contribution in [2.45, 2.75) is 70.6 Å². The number of carbonyl (C=O) groups excluding carboxylic acids is 1. The van der Waals surface area contributed by atoms with Gasteiger partial charge in [0.2, 0.25) is 0 Å². The number of rotatable bonds is 3. The largest absolute Gasteiger partial charge is 0.445 e. The third kappa shape index (κ3) is 4.39. The Bertz CT molecular complexity index is 894. The van der Waals surface area contributed by atoms with E-state index < -0.39 is 0 Å². The molecule has 29 heavy (non-hydrogen) atoms. The van der Waals surface area contributed by atoms with E-state index >= 15 is 0 Å². The maximum absolute atomic E-state index is 12.9. The summed E-state index contributed by atoms with van der Waals surface area (Å²) in [5, 5.41) is 0. The van der Waals surface area contributed by atoms with E-state index in [2.05, 4.69) is 51.1 Å². The molecule has 3 nitrogen and oxygen atoms in total. The Hall–Kier alpha value is -2.55. The third-order valence-electron chi connectivity index (χ3n) is 6.15. The molecule has 1 amide bonds. The van der Waals surface area contributed by atoms with Crippen molar-refractivity contribution in [3.05, 3.63) is 77.4 Å². The van der Waals surface area contributed by atoms with Crippen molar-refractivity contribution in [2.24, 2.45) is 0 Å². The van der Waals surface area contributed by atoms with Crippen LogP contribution in [-0.4, -0.2) is 23.1 Å². The Labute approximate surface area is 174 Å². The lowest BCUT2D eigenvalue weighted by atomic mass is 9.81. The third-order valence-corrected chi connectivity index (χ3v) is 6.15. The smallest absolute Gasteiger partial charge is 0.410 e. The molecule has 0 saturated carbocycles. The van der Waals surface area contributed by atoms with E-state index in [0.717, 1.165) is 24.8 Å². The van der Waals surface area contributed by atoms with E-state index in [4.69, 9.17) is 4.74 Å². The topological polar surface area (TPSA) is 29.5 Å². The summed E-state index contributed by atoms with van der Waals surface area (Å²) in [5.74, 6) is 0. The molecule has 0 radical (unpaired) electrons. The van der Waals surface area contributed by atoms with Gasteiger partial charge in [-0.15, -0.1) is 0 Å². The second-order valence-corrected chi connectivity index (χ2v) is 9.33. The zero-order valence-electron chi connectivity index (χ0n) is 17.7. The minimum absolute atomic E-state index is 0.133. The molecule has 0 N–H and O–H groups in total. The van der Waals surface area contributed by atoms with Crippen molar-refractivity contribution in [3.63, 3.8) is 0 Å². The fraction of sp³-hybridized carbons (Fsp3) is 0.423. The van der Waals surface area contributed by atoms with Gasteiger partial charge in [0.25, 0.3) is 0 Å². The van der Waals surface area contributed by atoms with Crippen molar-refractivity contribution in [1.29, 1.82) is 0 Å². The summed E-state index contributed by atoms with van der Waals surface area (Å²) < 4.78 is 5.67. The highest BCUT2D eigenvalue weighted by Gasteiger charge is 2.38. The monoisotopic (exact) mass is 389 g/mol. The molecule has 0 aliphatic carbocycles. The van der Waals surface area contributed by atoms with Crippen molar-refractivity contribution >= 4 is 11.7 Å². The molecule has 152 valence electrons. The van der Waals surface area contributed by atoms with E-state index in [-0.39, 0.29) is 23.6 Å². The van der Waals surface area contributed by atoms with Crippen LogP contribution in [0.2, 0.25) is 0 Å². The predicted molar refractivity (Wildman–Crippen MR) is 118 cm³/mol. The summed E-state index contributed by atoms with van der Waals surface area (Å²) in [6, 6.07) is 19.2. The Balaban J connectivity index is 1.52. The maximum Gasteiger partial charge on any atom is 0.410 e. The van der Waals surface area contributed by atoms with Crippen LogP contribution in [0.5, 0.6) is 0 Å². The number of hydrogen-bond acceptors (Lipinski definition) is 2. The van der Waals surface area contributed by atoms with Gasteiger partial charge >= 0.3 is 6.09 Å². The molecule has 2 aliphatic rings. The molecule has 2 aliphatic heterocycles. The van der Waals surface area contributed by atoms with Gasteiger partial charge in [-0.05, 0) is 53.4 Å².